The number of aryl methyl sites for hydroxylation is 1. The van der Waals surface area contributed by atoms with Gasteiger partial charge in [0.2, 0.25) is 0 Å². The van der Waals surface area contributed by atoms with Gasteiger partial charge in [-0.2, -0.15) is 0 Å². The maximum Gasteiger partial charge on any atom is 0.334 e. The van der Waals surface area contributed by atoms with Gasteiger partial charge in [0.25, 0.3) is 5.56 Å². The molecule has 1 aromatic heterocycles. The second-order valence-electron chi connectivity index (χ2n) is 6.00. The van der Waals surface area contributed by atoms with Crippen LogP contribution in [-0.2, 0) is 6.54 Å². The third-order valence-electron chi connectivity index (χ3n) is 4.18. The van der Waals surface area contributed by atoms with Crippen molar-refractivity contribution in [3.05, 3.63) is 56.2 Å². The monoisotopic (exact) mass is 314 g/mol. The Kier molecular flexibility index (Phi) is 4.34. The summed E-state index contributed by atoms with van der Waals surface area (Å²) in [7, 11) is 0. The number of anilines is 1. The molecule has 2 heterocycles. The van der Waals surface area contributed by atoms with Crippen molar-refractivity contribution in [1.82, 2.24) is 14.5 Å². The molecule has 2 aromatic rings. The van der Waals surface area contributed by atoms with Crippen molar-refractivity contribution in [2.45, 2.75) is 33.2 Å². The van der Waals surface area contributed by atoms with Crippen molar-refractivity contribution in [1.29, 1.82) is 0 Å². The highest BCUT2D eigenvalue weighted by Crippen LogP contribution is 2.21. The van der Waals surface area contributed by atoms with Crippen LogP contribution in [0.5, 0.6) is 0 Å². The van der Waals surface area contributed by atoms with Crippen molar-refractivity contribution in [3.8, 4) is 5.69 Å². The van der Waals surface area contributed by atoms with Gasteiger partial charge >= 0.3 is 5.69 Å². The highest BCUT2D eigenvalue weighted by molar-refractivity contribution is 5.52. The number of aromatic amines is 1. The van der Waals surface area contributed by atoms with Gasteiger partial charge in [-0.25, -0.2) is 9.36 Å². The van der Waals surface area contributed by atoms with Gasteiger partial charge < -0.3 is 5.32 Å². The normalized spacial score (nSPS) is 14.3. The lowest BCUT2D eigenvalue weighted by molar-refractivity contribution is 0.268. The van der Waals surface area contributed by atoms with E-state index in [4.69, 9.17) is 0 Å². The number of benzene rings is 1. The molecule has 0 fully saturated rings. The first kappa shape index (κ1) is 15.6. The van der Waals surface area contributed by atoms with Crippen LogP contribution in [-0.4, -0.2) is 27.7 Å². The van der Waals surface area contributed by atoms with E-state index in [1.165, 1.54) is 0 Å². The molecule has 6 nitrogen and oxygen atoms in total. The van der Waals surface area contributed by atoms with Crippen LogP contribution in [0.25, 0.3) is 5.69 Å². The minimum Gasteiger partial charge on any atom is -0.358 e. The lowest BCUT2D eigenvalue weighted by atomic mass is 10.2. The van der Waals surface area contributed by atoms with E-state index >= 15 is 0 Å². The van der Waals surface area contributed by atoms with Crippen molar-refractivity contribution >= 4 is 5.82 Å². The molecular formula is C17H22N4O2. The highest BCUT2D eigenvalue weighted by atomic mass is 16.2. The zero-order valence-corrected chi connectivity index (χ0v) is 13.6. The van der Waals surface area contributed by atoms with E-state index in [1.54, 1.807) is 4.57 Å². The Morgan fingerprint density at radius 1 is 1.17 bits per heavy atom. The van der Waals surface area contributed by atoms with Gasteiger partial charge in [0.1, 0.15) is 5.82 Å². The maximum atomic E-state index is 12.3. The molecule has 122 valence electrons. The zero-order valence-electron chi connectivity index (χ0n) is 13.6. The molecule has 23 heavy (non-hydrogen) atoms. The molecule has 0 saturated heterocycles. The molecule has 1 aliphatic rings. The van der Waals surface area contributed by atoms with Gasteiger partial charge in [0.15, 0.2) is 0 Å². The van der Waals surface area contributed by atoms with E-state index < -0.39 is 5.69 Å². The minimum atomic E-state index is -0.410. The number of rotatable bonds is 4. The Hall–Kier alpha value is -2.34. The SMILES string of the molecule is CCCCN1CNc2c(c(=O)[nH]c(=O)n2-c2ccc(C)cc2)C1. The van der Waals surface area contributed by atoms with Crippen molar-refractivity contribution in [3.63, 3.8) is 0 Å². The third-order valence-corrected chi connectivity index (χ3v) is 4.18. The Morgan fingerprint density at radius 3 is 2.61 bits per heavy atom. The van der Waals surface area contributed by atoms with Gasteiger partial charge in [0.05, 0.1) is 17.9 Å². The Bertz CT molecular complexity index is 805. The number of unbranched alkanes of at least 4 members (excludes halogenated alkanes) is 1. The lowest BCUT2D eigenvalue weighted by Gasteiger charge is -2.30. The summed E-state index contributed by atoms with van der Waals surface area (Å²) in [5, 5.41) is 3.25. The molecule has 1 aliphatic heterocycles. The Morgan fingerprint density at radius 2 is 1.91 bits per heavy atom. The number of aromatic nitrogens is 2. The van der Waals surface area contributed by atoms with Crippen LogP contribution in [0.15, 0.2) is 33.9 Å². The summed E-state index contributed by atoms with van der Waals surface area (Å²) in [6, 6.07) is 7.69. The molecule has 0 aliphatic carbocycles. The van der Waals surface area contributed by atoms with E-state index in [2.05, 4.69) is 22.1 Å². The highest BCUT2D eigenvalue weighted by Gasteiger charge is 2.22. The topological polar surface area (TPSA) is 70.1 Å². The first-order chi connectivity index (χ1) is 11.1. The van der Waals surface area contributed by atoms with E-state index in [-0.39, 0.29) is 5.56 Å². The average molecular weight is 314 g/mol. The largest absolute Gasteiger partial charge is 0.358 e. The number of hydrogen-bond donors (Lipinski definition) is 2. The zero-order chi connectivity index (χ0) is 16.4. The van der Waals surface area contributed by atoms with Crippen molar-refractivity contribution < 1.29 is 0 Å². The Balaban J connectivity index is 2.05. The Labute approximate surface area is 134 Å². The fraction of sp³-hybridized carbons (Fsp3) is 0.412. The predicted octanol–water partition coefficient (Wildman–Crippen LogP) is 1.82. The van der Waals surface area contributed by atoms with Crippen LogP contribution in [0.4, 0.5) is 5.82 Å². The standard InChI is InChI=1S/C17H22N4O2/c1-3-4-9-20-10-14-15(18-11-20)21(17(23)19-16(14)22)13-7-5-12(2)6-8-13/h5-8,18H,3-4,9-11H2,1-2H3,(H,19,22,23). The minimum absolute atomic E-state index is 0.304. The van der Waals surface area contributed by atoms with Gasteiger partial charge in [-0.05, 0) is 25.5 Å². The van der Waals surface area contributed by atoms with Crippen LogP contribution >= 0.6 is 0 Å². The summed E-state index contributed by atoms with van der Waals surface area (Å²) in [4.78, 5) is 29.1. The van der Waals surface area contributed by atoms with E-state index in [9.17, 15) is 9.59 Å². The van der Waals surface area contributed by atoms with E-state index in [0.717, 1.165) is 30.6 Å². The lowest BCUT2D eigenvalue weighted by Crippen LogP contribution is -2.43. The van der Waals surface area contributed by atoms with Gasteiger partial charge in [0, 0.05) is 13.1 Å². The number of nitrogens with one attached hydrogen (secondary N) is 2. The molecule has 0 amide bonds. The van der Waals surface area contributed by atoms with Crippen LogP contribution in [0.2, 0.25) is 0 Å². The molecular weight excluding hydrogens is 292 g/mol. The smallest absolute Gasteiger partial charge is 0.334 e. The summed E-state index contributed by atoms with van der Waals surface area (Å²) in [5.41, 5.74) is 1.78. The van der Waals surface area contributed by atoms with Crippen molar-refractivity contribution in [2.75, 3.05) is 18.5 Å². The number of hydrogen-bond acceptors (Lipinski definition) is 4. The van der Waals surface area contributed by atoms with E-state index in [1.807, 2.05) is 31.2 Å². The number of fused-ring (bicyclic) bond motifs is 1. The molecule has 3 rings (SSSR count). The molecule has 0 saturated carbocycles. The fourth-order valence-electron chi connectivity index (χ4n) is 2.85. The van der Waals surface area contributed by atoms with Gasteiger partial charge in [-0.1, -0.05) is 31.0 Å². The van der Waals surface area contributed by atoms with Crippen LogP contribution in [0, 0.1) is 6.92 Å². The first-order valence-corrected chi connectivity index (χ1v) is 8.01. The molecule has 0 unspecified atom stereocenters. The van der Waals surface area contributed by atoms with Crippen LogP contribution < -0.4 is 16.6 Å². The van der Waals surface area contributed by atoms with Crippen LogP contribution in [0.1, 0.15) is 30.9 Å². The number of H-pyrrole nitrogens is 1. The van der Waals surface area contributed by atoms with E-state index in [0.29, 0.717) is 24.6 Å². The van der Waals surface area contributed by atoms with Crippen LogP contribution in [0.3, 0.4) is 0 Å². The summed E-state index contributed by atoms with van der Waals surface area (Å²) in [5.74, 6) is 0.607. The molecule has 0 spiro atoms. The first-order valence-electron chi connectivity index (χ1n) is 8.01. The average Bonchev–Trinajstić information content (AvgIpc) is 2.55. The summed E-state index contributed by atoms with van der Waals surface area (Å²) < 4.78 is 1.55. The number of nitrogens with zero attached hydrogens (tertiary/aromatic N) is 2. The third kappa shape index (κ3) is 3.07. The molecule has 6 heteroatoms. The van der Waals surface area contributed by atoms with Crippen molar-refractivity contribution in [2.24, 2.45) is 0 Å². The predicted molar refractivity (Wildman–Crippen MR) is 91.2 cm³/mol. The summed E-state index contributed by atoms with van der Waals surface area (Å²) in [6.07, 6.45) is 2.20. The fourth-order valence-corrected chi connectivity index (χ4v) is 2.85. The molecule has 2 N–H and O–H groups in total. The molecule has 0 radical (unpaired) electrons. The second-order valence-corrected chi connectivity index (χ2v) is 6.00. The molecule has 1 aromatic carbocycles. The summed E-state index contributed by atoms with van der Waals surface area (Å²) >= 11 is 0. The quantitative estimate of drug-likeness (QED) is 0.903. The van der Waals surface area contributed by atoms with Gasteiger partial charge in [-0.3, -0.25) is 14.7 Å². The van der Waals surface area contributed by atoms with Gasteiger partial charge in [-0.15, -0.1) is 0 Å². The molecule has 0 bridgehead atoms. The maximum absolute atomic E-state index is 12.3. The molecule has 0 atom stereocenters. The second kappa shape index (κ2) is 6.42. The summed E-state index contributed by atoms with van der Waals surface area (Å²) in [6.45, 7) is 6.28.